The van der Waals surface area contributed by atoms with Crippen molar-refractivity contribution in [3.8, 4) is 5.75 Å². The standard InChI is InChI=1S/C22H22O3/c1-3-18(17-12-8-5-9-13-17)21-19(23)14-20(25-22(21)24)15(2)16-10-6-4-7-11-16/h4-15,18,23H,3H2,1-2H3. The molecule has 0 bridgehead atoms. The van der Waals surface area contributed by atoms with E-state index in [9.17, 15) is 9.90 Å². The fourth-order valence-electron chi connectivity index (χ4n) is 3.24. The first kappa shape index (κ1) is 17.0. The van der Waals surface area contributed by atoms with E-state index in [1.54, 1.807) is 6.07 Å². The van der Waals surface area contributed by atoms with Crippen LogP contribution in [0.1, 0.15) is 54.6 Å². The Hall–Kier alpha value is -2.81. The van der Waals surface area contributed by atoms with Gasteiger partial charge in [0.15, 0.2) is 0 Å². The molecule has 0 saturated heterocycles. The van der Waals surface area contributed by atoms with Crippen LogP contribution in [0.3, 0.4) is 0 Å². The molecule has 3 rings (SSSR count). The van der Waals surface area contributed by atoms with Crippen molar-refractivity contribution in [1.29, 1.82) is 0 Å². The second-order valence-electron chi connectivity index (χ2n) is 6.24. The Morgan fingerprint density at radius 1 is 0.960 bits per heavy atom. The quantitative estimate of drug-likeness (QED) is 0.711. The van der Waals surface area contributed by atoms with Gasteiger partial charge < -0.3 is 9.52 Å². The van der Waals surface area contributed by atoms with Crippen LogP contribution in [-0.4, -0.2) is 5.11 Å². The number of hydrogen-bond acceptors (Lipinski definition) is 3. The van der Waals surface area contributed by atoms with Gasteiger partial charge in [0, 0.05) is 17.9 Å². The molecule has 25 heavy (non-hydrogen) atoms. The maximum atomic E-state index is 12.6. The van der Waals surface area contributed by atoms with Gasteiger partial charge in [-0.1, -0.05) is 74.5 Å². The fourth-order valence-corrected chi connectivity index (χ4v) is 3.24. The minimum Gasteiger partial charge on any atom is -0.507 e. The Kier molecular flexibility index (Phi) is 5.03. The summed E-state index contributed by atoms with van der Waals surface area (Å²) >= 11 is 0. The van der Waals surface area contributed by atoms with Crippen LogP contribution in [0.25, 0.3) is 0 Å². The molecule has 0 amide bonds. The molecule has 2 atom stereocenters. The minimum absolute atomic E-state index is 0.00438. The first-order valence-corrected chi connectivity index (χ1v) is 8.58. The van der Waals surface area contributed by atoms with Gasteiger partial charge in [-0.05, 0) is 17.5 Å². The lowest BCUT2D eigenvalue weighted by Crippen LogP contribution is -2.15. The number of hydrogen-bond donors (Lipinski definition) is 1. The van der Waals surface area contributed by atoms with E-state index in [2.05, 4.69) is 0 Å². The van der Waals surface area contributed by atoms with Crippen LogP contribution in [0.2, 0.25) is 0 Å². The normalized spacial score (nSPS) is 13.4. The number of benzene rings is 2. The molecule has 3 heteroatoms. The Morgan fingerprint density at radius 3 is 2.04 bits per heavy atom. The molecule has 128 valence electrons. The second-order valence-corrected chi connectivity index (χ2v) is 6.24. The topological polar surface area (TPSA) is 50.4 Å². The molecule has 3 aromatic rings. The van der Waals surface area contributed by atoms with Crippen LogP contribution in [0, 0.1) is 0 Å². The summed E-state index contributed by atoms with van der Waals surface area (Å²) in [5.41, 5.74) is 1.90. The van der Waals surface area contributed by atoms with E-state index < -0.39 is 5.63 Å². The molecule has 2 aromatic carbocycles. The van der Waals surface area contributed by atoms with E-state index in [1.807, 2.05) is 74.5 Å². The van der Waals surface area contributed by atoms with Crippen molar-refractivity contribution in [3.05, 3.63) is 99.6 Å². The Labute approximate surface area is 147 Å². The second kappa shape index (κ2) is 7.39. The van der Waals surface area contributed by atoms with Crippen LogP contribution in [0.5, 0.6) is 5.75 Å². The van der Waals surface area contributed by atoms with Gasteiger partial charge in [0.1, 0.15) is 11.5 Å². The third-order valence-corrected chi connectivity index (χ3v) is 4.67. The minimum atomic E-state index is -0.464. The zero-order valence-corrected chi connectivity index (χ0v) is 14.5. The van der Waals surface area contributed by atoms with E-state index in [0.717, 1.165) is 11.1 Å². The van der Waals surface area contributed by atoms with Crippen molar-refractivity contribution in [1.82, 2.24) is 0 Å². The smallest absolute Gasteiger partial charge is 0.343 e. The maximum absolute atomic E-state index is 12.6. The van der Waals surface area contributed by atoms with Crippen molar-refractivity contribution in [2.75, 3.05) is 0 Å². The molecule has 0 spiro atoms. The number of aromatic hydroxyl groups is 1. The molecule has 0 fully saturated rings. The summed E-state index contributed by atoms with van der Waals surface area (Å²) in [5.74, 6) is 0.189. The summed E-state index contributed by atoms with van der Waals surface area (Å²) in [5, 5.41) is 10.6. The molecule has 1 heterocycles. The third-order valence-electron chi connectivity index (χ3n) is 4.67. The SMILES string of the molecule is CCC(c1ccccc1)c1c(O)cc(C(C)c2ccccc2)oc1=O. The van der Waals surface area contributed by atoms with Gasteiger partial charge in [-0.15, -0.1) is 0 Å². The highest BCUT2D eigenvalue weighted by molar-refractivity contribution is 5.41. The van der Waals surface area contributed by atoms with Crippen LogP contribution < -0.4 is 5.63 Å². The molecule has 0 saturated carbocycles. The molecule has 0 aliphatic carbocycles. The van der Waals surface area contributed by atoms with Crippen molar-refractivity contribution >= 4 is 0 Å². The van der Waals surface area contributed by atoms with Gasteiger partial charge >= 0.3 is 5.63 Å². The van der Waals surface area contributed by atoms with E-state index in [-0.39, 0.29) is 17.6 Å². The van der Waals surface area contributed by atoms with Gasteiger partial charge in [0.25, 0.3) is 0 Å². The first-order valence-electron chi connectivity index (χ1n) is 8.58. The predicted octanol–water partition coefficient (Wildman–Crippen LogP) is 5.04. The Bertz CT molecular complexity index is 882. The fraction of sp³-hybridized carbons (Fsp3) is 0.227. The molecule has 2 unspecified atom stereocenters. The molecule has 1 aromatic heterocycles. The van der Waals surface area contributed by atoms with E-state index in [1.165, 1.54) is 0 Å². The third kappa shape index (κ3) is 3.50. The maximum Gasteiger partial charge on any atom is 0.343 e. The van der Waals surface area contributed by atoms with Gasteiger partial charge in [-0.2, -0.15) is 0 Å². The molecular formula is C22H22O3. The van der Waals surface area contributed by atoms with Crippen LogP contribution in [0.4, 0.5) is 0 Å². The largest absolute Gasteiger partial charge is 0.507 e. The summed E-state index contributed by atoms with van der Waals surface area (Å²) in [6, 6.07) is 21.1. The Balaban J connectivity index is 2.02. The highest BCUT2D eigenvalue weighted by Gasteiger charge is 2.23. The number of rotatable bonds is 5. The van der Waals surface area contributed by atoms with E-state index >= 15 is 0 Å². The van der Waals surface area contributed by atoms with Gasteiger partial charge in [-0.25, -0.2) is 4.79 Å². The first-order chi connectivity index (χ1) is 12.1. The monoisotopic (exact) mass is 334 g/mol. The zero-order chi connectivity index (χ0) is 17.8. The molecule has 0 radical (unpaired) electrons. The molecule has 0 aliphatic heterocycles. The van der Waals surface area contributed by atoms with Gasteiger partial charge in [0.2, 0.25) is 0 Å². The average molecular weight is 334 g/mol. The summed E-state index contributed by atoms with van der Waals surface area (Å²) in [7, 11) is 0. The van der Waals surface area contributed by atoms with Crippen LogP contribution >= 0.6 is 0 Å². The summed E-state index contributed by atoms with van der Waals surface area (Å²) < 4.78 is 5.59. The lowest BCUT2D eigenvalue weighted by Gasteiger charge is -2.18. The van der Waals surface area contributed by atoms with Crippen molar-refractivity contribution in [3.63, 3.8) is 0 Å². The Morgan fingerprint density at radius 2 is 1.52 bits per heavy atom. The molecule has 1 N–H and O–H groups in total. The molecular weight excluding hydrogens is 312 g/mol. The summed E-state index contributed by atoms with van der Waals surface area (Å²) in [6.45, 7) is 3.96. The van der Waals surface area contributed by atoms with Crippen molar-refractivity contribution in [2.45, 2.75) is 32.1 Å². The highest BCUT2D eigenvalue weighted by Crippen LogP contribution is 2.34. The van der Waals surface area contributed by atoms with Crippen molar-refractivity contribution < 1.29 is 9.52 Å². The van der Waals surface area contributed by atoms with Crippen molar-refractivity contribution in [2.24, 2.45) is 0 Å². The van der Waals surface area contributed by atoms with E-state index in [0.29, 0.717) is 17.7 Å². The van der Waals surface area contributed by atoms with Crippen LogP contribution in [0.15, 0.2) is 75.9 Å². The summed E-state index contributed by atoms with van der Waals surface area (Å²) in [6.07, 6.45) is 0.704. The average Bonchev–Trinajstić information content (AvgIpc) is 2.65. The lowest BCUT2D eigenvalue weighted by atomic mass is 9.89. The van der Waals surface area contributed by atoms with E-state index in [4.69, 9.17) is 4.42 Å². The van der Waals surface area contributed by atoms with Gasteiger partial charge in [0.05, 0.1) is 5.56 Å². The highest BCUT2D eigenvalue weighted by atomic mass is 16.4. The predicted molar refractivity (Wildman–Crippen MR) is 99.2 cm³/mol. The molecule has 0 aliphatic rings. The van der Waals surface area contributed by atoms with Gasteiger partial charge in [-0.3, -0.25) is 0 Å². The van der Waals surface area contributed by atoms with Crippen LogP contribution in [-0.2, 0) is 0 Å². The molecule has 3 nitrogen and oxygen atoms in total. The summed E-state index contributed by atoms with van der Waals surface area (Å²) in [4.78, 5) is 12.6. The zero-order valence-electron chi connectivity index (χ0n) is 14.5. The lowest BCUT2D eigenvalue weighted by molar-refractivity contribution is 0.400.